The molecule has 2 aromatic rings. The predicted octanol–water partition coefficient (Wildman–Crippen LogP) is 2.80. The van der Waals surface area contributed by atoms with E-state index in [0.717, 1.165) is 6.07 Å². The molecule has 3 N–H and O–H groups in total. The Balaban J connectivity index is 2.58. The summed E-state index contributed by atoms with van der Waals surface area (Å²) in [6.45, 7) is 0. The van der Waals surface area contributed by atoms with Crippen molar-refractivity contribution in [1.82, 2.24) is 5.43 Å². The lowest BCUT2D eigenvalue weighted by Crippen LogP contribution is -2.31. The Labute approximate surface area is 106 Å². The largest absolute Gasteiger partial charge is 0.271 e. The molecule has 100 valence electrons. The van der Waals surface area contributed by atoms with Crippen LogP contribution < -0.4 is 11.3 Å². The van der Waals surface area contributed by atoms with Gasteiger partial charge in [0.25, 0.3) is 0 Å². The normalized spacial score (nSPS) is 12.5. The zero-order valence-electron chi connectivity index (χ0n) is 9.63. The first-order valence-corrected chi connectivity index (χ1v) is 5.39. The lowest BCUT2D eigenvalue weighted by Gasteiger charge is -2.18. The molecule has 0 spiro atoms. The van der Waals surface area contributed by atoms with Crippen molar-refractivity contribution in [3.63, 3.8) is 0 Å². The fourth-order valence-corrected chi connectivity index (χ4v) is 1.87. The molecule has 0 heterocycles. The Morgan fingerprint density at radius 1 is 0.895 bits per heavy atom. The summed E-state index contributed by atoms with van der Waals surface area (Å²) in [5, 5.41) is 0. The molecule has 2 aromatic carbocycles. The van der Waals surface area contributed by atoms with Gasteiger partial charge in [-0.15, -0.1) is 0 Å². The third kappa shape index (κ3) is 2.59. The van der Waals surface area contributed by atoms with Crippen molar-refractivity contribution in [2.24, 2.45) is 5.84 Å². The molecule has 1 atom stereocenters. The van der Waals surface area contributed by atoms with Crippen LogP contribution in [0, 0.1) is 23.3 Å². The topological polar surface area (TPSA) is 38.0 Å². The summed E-state index contributed by atoms with van der Waals surface area (Å²) in [4.78, 5) is 0. The van der Waals surface area contributed by atoms with Crippen molar-refractivity contribution in [3.8, 4) is 0 Å². The first-order valence-electron chi connectivity index (χ1n) is 5.39. The second-order valence-electron chi connectivity index (χ2n) is 3.90. The number of nitrogens with two attached hydrogens (primary N) is 1. The summed E-state index contributed by atoms with van der Waals surface area (Å²) in [5.41, 5.74) is 1.57. The molecule has 6 heteroatoms. The van der Waals surface area contributed by atoms with E-state index in [0.29, 0.717) is 12.1 Å². The van der Waals surface area contributed by atoms with Crippen molar-refractivity contribution in [1.29, 1.82) is 0 Å². The highest BCUT2D eigenvalue weighted by molar-refractivity contribution is 5.34. The number of benzene rings is 2. The number of nitrogens with one attached hydrogen (secondary N) is 1. The number of rotatable bonds is 3. The van der Waals surface area contributed by atoms with Crippen molar-refractivity contribution >= 4 is 0 Å². The number of hydrogen-bond acceptors (Lipinski definition) is 2. The van der Waals surface area contributed by atoms with Gasteiger partial charge >= 0.3 is 0 Å². The zero-order chi connectivity index (χ0) is 14.0. The molecular formula is C13H10F4N2. The van der Waals surface area contributed by atoms with Crippen LogP contribution in [-0.4, -0.2) is 0 Å². The smallest absolute Gasteiger partial charge is 0.134 e. The van der Waals surface area contributed by atoms with E-state index in [2.05, 4.69) is 5.43 Å². The predicted molar refractivity (Wildman–Crippen MR) is 61.9 cm³/mol. The first-order chi connectivity index (χ1) is 9.04. The minimum absolute atomic E-state index is 0.0330. The Kier molecular flexibility index (Phi) is 3.82. The Bertz CT molecular complexity index is 578. The highest BCUT2D eigenvalue weighted by Crippen LogP contribution is 2.28. The molecule has 0 aliphatic carbocycles. The molecule has 0 aliphatic heterocycles. The summed E-state index contributed by atoms with van der Waals surface area (Å²) in [6, 6.07) is 5.20. The van der Waals surface area contributed by atoms with Crippen molar-refractivity contribution in [2.45, 2.75) is 6.04 Å². The monoisotopic (exact) mass is 270 g/mol. The molecule has 0 radical (unpaired) electrons. The minimum Gasteiger partial charge on any atom is -0.271 e. The molecule has 2 rings (SSSR count). The fraction of sp³-hybridized carbons (Fsp3) is 0.0769. The van der Waals surface area contributed by atoms with Crippen LogP contribution in [0.1, 0.15) is 17.2 Å². The highest BCUT2D eigenvalue weighted by Gasteiger charge is 2.24. The molecule has 0 aromatic heterocycles. The van der Waals surface area contributed by atoms with E-state index in [1.807, 2.05) is 0 Å². The SMILES string of the molecule is NNC(c1ccccc1F)c1c(F)cc(F)cc1F. The third-order valence-corrected chi connectivity index (χ3v) is 2.72. The van der Waals surface area contributed by atoms with E-state index in [4.69, 9.17) is 5.84 Å². The summed E-state index contributed by atoms with van der Waals surface area (Å²) < 4.78 is 53.8. The molecular weight excluding hydrogens is 260 g/mol. The van der Waals surface area contributed by atoms with E-state index < -0.39 is 34.9 Å². The Morgan fingerprint density at radius 2 is 1.47 bits per heavy atom. The second kappa shape index (κ2) is 5.38. The maximum Gasteiger partial charge on any atom is 0.134 e. The van der Waals surface area contributed by atoms with Gasteiger partial charge in [-0.2, -0.15) is 0 Å². The standard InChI is InChI=1S/C13H10F4N2/c14-7-5-10(16)12(11(17)6-7)13(19-18)8-3-1-2-4-9(8)15/h1-6,13,19H,18H2. The molecule has 19 heavy (non-hydrogen) atoms. The summed E-state index contributed by atoms with van der Waals surface area (Å²) >= 11 is 0. The van der Waals surface area contributed by atoms with Crippen LogP contribution in [0.25, 0.3) is 0 Å². The Hall–Kier alpha value is -1.92. The molecule has 0 saturated heterocycles. The van der Waals surface area contributed by atoms with Gasteiger partial charge in [0.2, 0.25) is 0 Å². The lowest BCUT2D eigenvalue weighted by molar-refractivity contribution is 0.481. The molecule has 0 fully saturated rings. The maximum absolute atomic E-state index is 13.7. The van der Waals surface area contributed by atoms with Gasteiger partial charge in [-0.05, 0) is 6.07 Å². The highest BCUT2D eigenvalue weighted by atomic mass is 19.1. The summed E-state index contributed by atoms with van der Waals surface area (Å²) in [7, 11) is 0. The van der Waals surface area contributed by atoms with Gasteiger partial charge in [-0.3, -0.25) is 5.84 Å². The minimum atomic E-state index is -1.25. The number of hydrogen-bond donors (Lipinski definition) is 2. The van der Waals surface area contributed by atoms with E-state index in [1.54, 1.807) is 0 Å². The quantitative estimate of drug-likeness (QED) is 0.511. The molecule has 0 aliphatic rings. The van der Waals surface area contributed by atoms with Gasteiger partial charge in [-0.25, -0.2) is 23.0 Å². The molecule has 0 saturated carbocycles. The van der Waals surface area contributed by atoms with Crippen LogP contribution in [-0.2, 0) is 0 Å². The van der Waals surface area contributed by atoms with Crippen LogP contribution in [0.4, 0.5) is 17.6 Å². The molecule has 2 nitrogen and oxygen atoms in total. The number of halogens is 4. The average Bonchev–Trinajstić information content (AvgIpc) is 2.34. The van der Waals surface area contributed by atoms with Crippen LogP contribution in [0.15, 0.2) is 36.4 Å². The van der Waals surface area contributed by atoms with E-state index in [-0.39, 0.29) is 5.56 Å². The maximum atomic E-state index is 13.7. The average molecular weight is 270 g/mol. The molecule has 1 unspecified atom stereocenters. The van der Waals surface area contributed by atoms with E-state index in [1.165, 1.54) is 18.2 Å². The molecule has 0 bridgehead atoms. The third-order valence-electron chi connectivity index (χ3n) is 2.72. The van der Waals surface area contributed by atoms with Crippen molar-refractivity contribution in [3.05, 3.63) is 70.8 Å². The van der Waals surface area contributed by atoms with Crippen LogP contribution >= 0.6 is 0 Å². The molecule has 0 amide bonds. The van der Waals surface area contributed by atoms with Gasteiger partial charge in [0.15, 0.2) is 0 Å². The van der Waals surface area contributed by atoms with Gasteiger partial charge in [0.05, 0.1) is 6.04 Å². The van der Waals surface area contributed by atoms with Crippen molar-refractivity contribution in [2.75, 3.05) is 0 Å². The van der Waals surface area contributed by atoms with E-state index >= 15 is 0 Å². The van der Waals surface area contributed by atoms with E-state index in [9.17, 15) is 17.6 Å². The van der Waals surface area contributed by atoms with Gasteiger partial charge in [-0.1, -0.05) is 18.2 Å². The van der Waals surface area contributed by atoms with Gasteiger partial charge in [0, 0.05) is 23.3 Å². The second-order valence-corrected chi connectivity index (χ2v) is 3.90. The summed E-state index contributed by atoms with van der Waals surface area (Å²) in [6.07, 6.45) is 0. The fourth-order valence-electron chi connectivity index (χ4n) is 1.87. The van der Waals surface area contributed by atoms with Gasteiger partial charge in [0.1, 0.15) is 23.3 Å². The number of hydrazine groups is 1. The van der Waals surface area contributed by atoms with Crippen LogP contribution in [0.2, 0.25) is 0 Å². The lowest BCUT2D eigenvalue weighted by atomic mass is 9.97. The van der Waals surface area contributed by atoms with Crippen LogP contribution in [0.5, 0.6) is 0 Å². The summed E-state index contributed by atoms with van der Waals surface area (Å²) in [5.74, 6) is 1.24. The van der Waals surface area contributed by atoms with Gasteiger partial charge < -0.3 is 0 Å². The first kappa shape index (κ1) is 13.5. The zero-order valence-corrected chi connectivity index (χ0v) is 9.63. The Morgan fingerprint density at radius 3 is 2.00 bits per heavy atom. The van der Waals surface area contributed by atoms with Crippen LogP contribution in [0.3, 0.4) is 0 Å². The van der Waals surface area contributed by atoms with Crippen molar-refractivity contribution < 1.29 is 17.6 Å².